The van der Waals surface area contributed by atoms with E-state index >= 15 is 0 Å². The highest BCUT2D eigenvalue weighted by Crippen LogP contribution is 2.27. The van der Waals surface area contributed by atoms with E-state index in [1.165, 1.54) is 11.8 Å². The topological polar surface area (TPSA) is 86.7 Å². The Labute approximate surface area is 110 Å². The van der Waals surface area contributed by atoms with Gasteiger partial charge in [-0.1, -0.05) is 6.07 Å². The van der Waals surface area contributed by atoms with Crippen LogP contribution in [0.4, 0.5) is 11.4 Å². The predicted octanol–water partition coefficient (Wildman–Crippen LogP) is 1.08. The molecule has 0 radical (unpaired) electrons. The van der Waals surface area contributed by atoms with Crippen LogP contribution in [0.2, 0.25) is 0 Å². The molecule has 6 nitrogen and oxygen atoms in total. The molecule has 19 heavy (non-hydrogen) atoms. The Morgan fingerprint density at radius 2 is 2.16 bits per heavy atom. The third kappa shape index (κ3) is 2.90. The Hall–Kier alpha value is -2.37. The van der Waals surface area contributed by atoms with Crippen LogP contribution in [0.25, 0.3) is 0 Å². The molecule has 1 aliphatic rings. The zero-order chi connectivity index (χ0) is 14.0. The molecule has 1 atom stereocenters. The molecule has 1 saturated heterocycles. The third-order valence-corrected chi connectivity index (χ3v) is 2.95. The van der Waals surface area contributed by atoms with Gasteiger partial charge in [0.1, 0.15) is 0 Å². The number of aliphatic carboxylic acids is 1. The largest absolute Gasteiger partial charge is 0.481 e. The molecule has 1 aromatic carbocycles. The summed E-state index contributed by atoms with van der Waals surface area (Å²) < 4.78 is 0. The summed E-state index contributed by atoms with van der Waals surface area (Å²) in [5.74, 6) is -2.05. The summed E-state index contributed by atoms with van der Waals surface area (Å²) in [4.78, 5) is 35.1. The predicted molar refractivity (Wildman–Crippen MR) is 68.8 cm³/mol. The van der Waals surface area contributed by atoms with Crippen molar-refractivity contribution in [2.24, 2.45) is 5.92 Å². The minimum Gasteiger partial charge on any atom is -0.481 e. The first-order chi connectivity index (χ1) is 8.97. The highest BCUT2D eigenvalue weighted by Gasteiger charge is 2.35. The molecule has 0 aliphatic carbocycles. The summed E-state index contributed by atoms with van der Waals surface area (Å²) >= 11 is 0. The summed E-state index contributed by atoms with van der Waals surface area (Å²) in [6.07, 6.45) is 0.0136. The lowest BCUT2D eigenvalue weighted by Gasteiger charge is -2.17. The molecule has 1 aromatic rings. The van der Waals surface area contributed by atoms with Gasteiger partial charge in [-0.05, 0) is 18.2 Å². The molecule has 2 rings (SSSR count). The lowest BCUT2D eigenvalue weighted by atomic mass is 10.1. The number of amides is 2. The lowest BCUT2D eigenvalue weighted by Crippen LogP contribution is -2.25. The SMILES string of the molecule is CC(=O)Nc1cccc(N2CC(C(=O)O)CC2=O)c1. The number of carboxylic acids is 1. The molecule has 0 bridgehead atoms. The summed E-state index contributed by atoms with van der Waals surface area (Å²) in [5, 5.41) is 11.6. The van der Waals surface area contributed by atoms with Crippen LogP contribution in [0.3, 0.4) is 0 Å². The van der Waals surface area contributed by atoms with E-state index < -0.39 is 11.9 Å². The van der Waals surface area contributed by atoms with E-state index in [0.29, 0.717) is 11.4 Å². The first-order valence-electron chi connectivity index (χ1n) is 5.88. The first kappa shape index (κ1) is 13.1. The van der Waals surface area contributed by atoms with Crippen LogP contribution < -0.4 is 10.2 Å². The fourth-order valence-electron chi connectivity index (χ4n) is 2.08. The van der Waals surface area contributed by atoms with Gasteiger partial charge >= 0.3 is 5.97 Å². The fourth-order valence-corrected chi connectivity index (χ4v) is 2.08. The average molecular weight is 262 g/mol. The van der Waals surface area contributed by atoms with Crippen molar-refractivity contribution in [3.05, 3.63) is 24.3 Å². The number of nitrogens with one attached hydrogen (secondary N) is 1. The van der Waals surface area contributed by atoms with E-state index in [-0.39, 0.29) is 24.8 Å². The van der Waals surface area contributed by atoms with Crippen molar-refractivity contribution >= 4 is 29.2 Å². The Morgan fingerprint density at radius 1 is 1.42 bits per heavy atom. The van der Waals surface area contributed by atoms with E-state index in [4.69, 9.17) is 5.11 Å². The molecule has 2 amide bonds. The third-order valence-electron chi connectivity index (χ3n) is 2.95. The van der Waals surface area contributed by atoms with Crippen molar-refractivity contribution in [2.75, 3.05) is 16.8 Å². The van der Waals surface area contributed by atoms with Crippen molar-refractivity contribution in [2.45, 2.75) is 13.3 Å². The molecule has 100 valence electrons. The number of rotatable bonds is 3. The summed E-state index contributed by atoms with van der Waals surface area (Å²) in [6.45, 7) is 1.56. The van der Waals surface area contributed by atoms with E-state index in [1.54, 1.807) is 24.3 Å². The second-order valence-electron chi connectivity index (χ2n) is 4.48. The number of carbonyl (C=O) groups excluding carboxylic acids is 2. The Bertz CT molecular complexity index is 541. The van der Waals surface area contributed by atoms with Crippen LogP contribution in [0.1, 0.15) is 13.3 Å². The molecule has 0 spiro atoms. The molecule has 1 aliphatic heterocycles. The van der Waals surface area contributed by atoms with Gasteiger partial charge in [0.25, 0.3) is 0 Å². The number of hydrogen-bond donors (Lipinski definition) is 2. The minimum absolute atomic E-state index is 0.0136. The van der Waals surface area contributed by atoms with Crippen LogP contribution in [-0.4, -0.2) is 29.4 Å². The van der Waals surface area contributed by atoms with Gasteiger partial charge in [-0.15, -0.1) is 0 Å². The highest BCUT2D eigenvalue weighted by atomic mass is 16.4. The second kappa shape index (κ2) is 5.09. The van der Waals surface area contributed by atoms with Crippen molar-refractivity contribution in [1.82, 2.24) is 0 Å². The second-order valence-corrected chi connectivity index (χ2v) is 4.48. The molecule has 0 saturated carbocycles. The number of carboxylic acid groups (broad SMARTS) is 1. The number of benzene rings is 1. The Morgan fingerprint density at radius 3 is 2.74 bits per heavy atom. The van der Waals surface area contributed by atoms with E-state index in [2.05, 4.69) is 5.32 Å². The highest BCUT2D eigenvalue weighted by molar-refractivity contribution is 6.00. The van der Waals surface area contributed by atoms with E-state index in [9.17, 15) is 14.4 Å². The molecule has 1 heterocycles. The summed E-state index contributed by atoms with van der Waals surface area (Å²) in [5.41, 5.74) is 1.18. The quantitative estimate of drug-likeness (QED) is 0.853. The molecule has 2 N–H and O–H groups in total. The molecular formula is C13H14N2O4. The first-order valence-corrected chi connectivity index (χ1v) is 5.88. The summed E-state index contributed by atoms with van der Waals surface area (Å²) in [6, 6.07) is 6.79. The van der Waals surface area contributed by atoms with Crippen LogP contribution in [-0.2, 0) is 14.4 Å². The number of carbonyl (C=O) groups is 3. The van der Waals surface area contributed by atoms with Crippen molar-refractivity contribution in [3.63, 3.8) is 0 Å². The number of nitrogens with zero attached hydrogens (tertiary/aromatic N) is 1. The normalized spacial score (nSPS) is 18.5. The van der Waals surface area contributed by atoms with Gasteiger partial charge in [0, 0.05) is 31.3 Å². The van der Waals surface area contributed by atoms with Gasteiger partial charge < -0.3 is 15.3 Å². The monoisotopic (exact) mass is 262 g/mol. The molecule has 1 unspecified atom stereocenters. The summed E-state index contributed by atoms with van der Waals surface area (Å²) in [7, 11) is 0. The van der Waals surface area contributed by atoms with Gasteiger partial charge in [0.05, 0.1) is 5.92 Å². The minimum atomic E-state index is -0.964. The number of anilines is 2. The zero-order valence-electron chi connectivity index (χ0n) is 10.4. The zero-order valence-corrected chi connectivity index (χ0v) is 10.4. The van der Waals surface area contributed by atoms with E-state index in [0.717, 1.165) is 0 Å². The maximum Gasteiger partial charge on any atom is 0.308 e. The van der Waals surface area contributed by atoms with Crippen LogP contribution >= 0.6 is 0 Å². The van der Waals surface area contributed by atoms with Crippen molar-refractivity contribution in [3.8, 4) is 0 Å². The molecule has 6 heteroatoms. The molecule has 0 aromatic heterocycles. The maximum atomic E-state index is 11.8. The standard InChI is InChI=1S/C13H14N2O4/c1-8(16)14-10-3-2-4-11(6-10)15-7-9(13(18)19)5-12(15)17/h2-4,6,9H,5,7H2,1H3,(H,14,16)(H,18,19). The van der Waals surface area contributed by atoms with Crippen LogP contribution in [0, 0.1) is 5.92 Å². The Balaban J connectivity index is 2.20. The van der Waals surface area contributed by atoms with Gasteiger partial charge in [-0.25, -0.2) is 0 Å². The van der Waals surface area contributed by atoms with Crippen molar-refractivity contribution < 1.29 is 19.5 Å². The number of hydrogen-bond acceptors (Lipinski definition) is 3. The van der Waals surface area contributed by atoms with Gasteiger partial charge in [-0.3, -0.25) is 14.4 Å². The van der Waals surface area contributed by atoms with Crippen molar-refractivity contribution in [1.29, 1.82) is 0 Å². The Kier molecular flexibility index (Phi) is 3.50. The van der Waals surface area contributed by atoms with Crippen LogP contribution in [0.15, 0.2) is 24.3 Å². The van der Waals surface area contributed by atoms with E-state index in [1.807, 2.05) is 0 Å². The fraction of sp³-hybridized carbons (Fsp3) is 0.308. The van der Waals surface area contributed by atoms with Gasteiger partial charge in [0.2, 0.25) is 11.8 Å². The molecule has 1 fully saturated rings. The molecular weight excluding hydrogens is 248 g/mol. The average Bonchev–Trinajstić information content (AvgIpc) is 2.71. The smallest absolute Gasteiger partial charge is 0.308 e. The lowest BCUT2D eigenvalue weighted by molar-refractivity contribution is -0.141. The maximum absolute atomic E-state index is 11.8. The van der Waals surface area contributed by atoms with Gasteiger partial charge in [0.15, 0.2) is 0 Å². The van der Waals surface area contributed by atoms with Gasteiger partial charge in [-0.2, -0.15) is 0 Å². The van der Waals surface area contributed by atoms with Crippen LogP contribution in [0.5, 0.6) is 0 Å².